The van der Waals surface area contributed by atoms with Gasteiger partial charge in [-0.2, -0.15) is 0 Å². The number of methoxy groups -OCH3 is 1. The van der Waals surface area contributed by atoms with Crippen LogP contribution in [0.2, 0.25) is 0 Å². The highest BCUT2D eigenvalue weighted by molar-refractivity contribution is 5.81. The minimum Gasteiger partial charge on any atom is -0.387 e. The Balaban J connectivity index is 2.60. The van der Waals surface area contributed by atoms with Crippen molar-refractivity contribution >= 4 is 5.91 Å². The highest BCUT2D eigenvalue weighted by Crippen LogP contribution is 2.21. The Kier molecular flexibility index (Phi) is 3.82. The largest absolute Gasteiger partial charge is 0.387 e. The first kappa shape index (κ1) is 11.4. The zero-order chi connectivity index (χ0) is 10.7. The second-order valence-corrected chi connectivity index (χ2v) is 3.04. The van der Waals surface area contributed by atoms with Crippen LogP contribution in [0.5, 0.6) is 0 Å². The minimum absolute atomic E-state index is 0.444. The molecule has 0 aromatic rings. The maximum atomic E-state index is 11.3. The molecule has 3 N–H and O–H groups in total. The van der Waals surface area contributed by atoms with Crippen LogP contribution in [0.4, 0.5) is 0 Å². The van der Waals surface area contributed by atoms with Crippen molar-refractivity contribution in [3.63, 3.8) is 0 Å². The molecule has 14 heavy (non-hydrogen) atoms. The fourth-order valence-electron chi connectivity index (χ4n) is 1.33. The first-order chi connectivity index (χ1) is 6.61. The van der Waals surface area contributed by atoms with Crippen molar-refractivity contribution < 1.29 is 24.5 Å². The molecule has 1 heterocycles. The molecule has 1 fully saturated rings. The first-order valence-electron chi connectivity index (χ1n) is 4.44. The van der Waals surface area contributed by atoms with E-state index in [1.54, 1.807) is 6.92 Å². The van der Waals surface area contributed by atoms with Crippen molar-refractivity contribution in [2.24, 2.45) is 0 Å². The van der Waals surface area contributed by atoms with Gasteiger partial charge in [-0.3, -0.25) is 4.79 Å². The third-order valence-corrected chi connectivity index (χ3v) is 2.06. The van der Waals surface area contributed by atoms with Gasteiger partial charge in [-0.05, 0) is 6.92 Å². The molecule has 82 valence electrons. The molecule has 1 unspecified atom stereocenters. The molecule has 0 bridgehead atoms. The number of ether oxygens (including phenoxy) is 2. The summed E-state index contributed by atoms with van der Waals surface area (Å²) in [6.07, 6.45) is -4.44. The normalized spacial score (nSPS) is 37.1. The zero-order valence-corrected chi connectivity index (χ0v) is 8.14. The van der Waals surface area contributed by atoms with Crippen molar-refractivity contribution in [2.45, 2.75) is 31.5 Å². The van der Waals surface area contributed by atoms with Crippen LogP contribution in [0, 0.1) is 0 Å². The Bertz CT molecular complexity index is 210. The molecule has 0 aromatic carbocycles. The lowest BCUT2D eigenvalue weighted by Gasteiger charge is -2.12. The SMILES string of the molecule is CCNC(=O)[C@H]1OC(OC)[C@H](O)[C@@H]1O. The van der Waals surface area contributed by atoms with Gasteiger partial charge in [-0.15, -0.1) is 0 Å². The van der Waals surface area contributed by atoms with Gasteiger partial charge in [0.25, 0.3) is 5.91 Å². The number of aliphatic hydroxyl groups excluding tert-OH is 2. The summed E-state index contributed by atoms with van der Waals surface area (Å²) >= 11 is 0. The molecule has 1 amide bonds. The van der Waals surface area contributed by atoms with Crippen LogP contribution in [-0.4, -0.2) is 54.4 Å². The number of carbonyl (C=O) groups is 1. The lowest BCUT2D eigenvalue weighted by atomic mass is 10.1. The fraction of sp³-hybridized carbons (Fsp3) is 0.875. The summed E-state index contributed by atoms with van der Waals surface area (Å²) in [4.78, 5) is 11.3. The van der Waals surface area contributed by atoms with Gasteiger partial charge in [-0.1, -0.05) is 0 Å². The summed E-state index contributed by atoms with van der Waals surface area (Å²) in [5.74, 6) is -0.446. The van der Waals surface area contributed by atoms with E-state index in [0.717, 1.165) is 0 Å². The number of likely N-dealkylation sites (N-methyl/N-ethyl adjacent to an activating group) is 1. The second-order valence-electron chi connectivity index (χ2n) is 3.04. The van der Waals surface area contributed by atoms with E-state index in [4.69, 9.17) is 9.47 Å². The summed E-state index contributed by atoms with van der Waals surface area (Å²) < 4.78 is 9.76. The van der Waals surface area contributed by atoms with Gasteiger partial charge in [0.1, 0.15) is 12.2 Å². The first-order valence-corrected chi connectivity index (χ1v) is 4.44. The van der Waals surface area contributed by atoms with Gasteiger partial charge in [0.05, 0.1) is 0 Å². The van der Waals surface area contributed by atoms with Crippen LogP contribution in [0.1, 0.15) is 6.92 Å². The average molecular weight is 205 g/mol. The lowest BCUT2D eigenvalue weighted by molar-refractivity contribution is -0.160. The number of hydrogen-bond acceptors (Lipinski definition) is 5. The summed E-state index contributed by atoms with van der Waals surface area (Å²) in [6.45, 7) is 2.20. The second kappa shape index (κ2) is 4.70. The number of hydrogen-bond donors (Lipinski definition) is 3. The molecule has 1 saturated heterocycles. The maximum Gasteiger partial charge on any atom is 0.252 e. The summed E-state index contributed by atoms with van der Waals surface area (Å²) in [6, 6.07) is 0. The van der Waals surface area contributed by atoms with Gasteiger partial charge in [0, 0.05) is 13.7 Å². The standard InChI is InChI=1S/C8H15NO5/c1-3-9-7(12)6-4(10)5(11)8(13-2)14-6/h4-6,8,10-11H,3H2,1-2H3,(H,9,12)/t4-,5+,6-,8?/m0/s1. The predicted octanol–water partition coefficient (Wildman–Crippen LogP) is -1.78. The summed E-state index contributed by atoms with van der Waals surface area (Å²) in [7, 11) is 1.33. The van der Waals surface area contributed by atoms with E-state index in [2.05, 4.69) is 5.32 Å². The minimum atomic E-state index is -1.24. The number of aliphatic hydroxyl groups is 2. The molecule has 6 nitrogen and oxygen atoms in total. The molecule has 6 heteroatoms. The Morgan fingerprint density at radius 3 is 2.57 bits per heavy atom. The van der Waals surface area contributed by atoms with Gasteiger partial charge in [-0.25, -0.2) is 0 Å². The molecule has 0 spiro atoms. The highest BCUT2D eigenvalue weighted by Gasteiger charge is 2.46. The van der Waals surface area contributed by atoms with E-state index in [0.29, 0.717) is 6.54 Å². The number of carbonyl (C=O) groups excluding carboxylic acids is 1. The van der Waals surface area contributed by atoms with Gasteiger partial charge < -0.3 is 25.0 Å². The van der Waals surface area contributed by atoms with Crippen LogP contribution in [0.3, 0.4) is 0 Å². The van der Waals surface area contributed by atoms with Crippen molar-refractivity contribution in [3.05, 3.63) is 0 Å². The Labute approximate surface area is 81.8 Å². The predicted molar refractivity (Wildman–Crippen MR) is 46.4 cm³/mol. The molecule has 1 rings (SSSR count). The molecule has 4 atom stereocenters. The number of amides is 1. The van der Waals surface area contributed by atoms with E-state index in [9.17, 15) is 15.0 Å². The van der Waals surface area contributed by atoms with Crippen molar-refractivity contribution in [1.29, 1.82) is 0 Å². The third-order valence-electron chi connectivity index (χ3n) is 2.06. The van der Waals surface area contributed by atoms with E-state index < -0.39 is 30.5 Å². The van der Waals surface area contributed by atoms with E-state index in [1.807, 2.05) is 0 Å². The Hall–Kier alpha value is -0.690. The molecule has 1 aliphatic heterocycles. The van der Waals surface area contributed by atoms with Gasteiger partial charge in [0.15, 0.2) is 12.4 Å². The third kappa shape index (κ3) is 2.03. The molecule has 1 aliphatic rings. The van der Waals surface area contributed by atoms with Crippen LogP contribution >= 0.6 is 0 Å². The zero-order valence-electron chi connectivity index (χ0n) is 8.14. The monoisotopic (exact) mass is 205 g/mol. The molecular formula is C8H15NO5. The van der Waals surface area contributed by atoms with Crippen LogP contribution < -0.4 is 5.32 Å². The highest BCUT2D eigenvalue weighted by atomic mass is 16.7. The van der Waals surface area contributed by atoms with E-state index in [-0.39, 0.29) is 0 Å². The van der Waals surface area contributed by atoms with Crippen molar-refractivity contribution in [2.75, 3.05) is 13.7 Å². The van der Waals surface area contributed by atoms with Crippen molar-refractivity contribution in [1.82, 2.24) is 5.32 Å². The molecule has 0 radical (unpaired) electrons. The van der Waals surface area contributed by atoms with Crippen molar-refractivity contribution in [3.8, 4) is 0 Å². The smallest absolute Gasteiger partial charge is 0.252 e. The average Bonchev–Trinajstić information content (AvgIpc) is 2.44. The van der Waals surface area contributed by atoms with Crippen LogP contribution in [0.15, 0.2) is 0 Å². The summed E-state index contributed by atoms with van der Waals surface area (Å²) in [5, 5.41) is 21.3. The maximum absolute atomic E-state index is 11.3. The molecule has 0 aromatic heterocycles. The fourth-order valence-corrected chi connectivity index (χ4v) is 1.33. The molecule has 0 aliphatic carbocycles. The lowest BCUT2D eigenvalue weighted by Crippen LogP contribution is -2.42. The quantitative estimate of drug-likeness (QED) is 0.506. The topological polar surface area (TPSA) is 88.0 Å². The number of rotatable bonds is 3. The van der Waals surface area contributed by atoms with Gasteiger partial charge >= 0.3 is 0 Å². The molecule has 0 saturated carbocycles. The van der Waals surface area contributed by atoms with E-state index >= 15 is 0 Å². The molecular weight excluding hydrogens is 190 g/mol. The number of nitrogens with one attached hydrogen (secondary N) is 1. The van der Waals surface area contributed by atoms with Gasteiger partial charge in [0.2, 0.25) is 0 Å². The Morgan fingerprint density at radius 2 is 2.14 bits per heavy atom. The van der Waals surface area contributed by atoms with E-state index in [1.165, 1.54) is 7.11 Å². The Morgan fingerprint density at radius 1 is 1.50 bits per heavy atom. The van der Waals surface area contributed by atoms with Crippen LogP contribution in [0.25, 0.3) is 0 Å². The van der Waals surface area contributed by atoms with Crippen LogP contribution in [-0.2, 0) is 14.3 Å². The summed E-state index contributed by atoms with van der Waals surface area (Å²) in [5.41, 5.74) is 0.